The number of fused-ring (bicyclic) bond motifs is 6. The second-order valence-electron chi connectivity index (χ2n) is 14.4. The van der Waals surface area contributed by atoms with Crippen molar-refractivity contribution >= 4 is 38.9 Å². The summed E-state index contributed by atoms with van der Waals surface area (Å²) in [5.41, 5.74) is 16.0. The maximum absolute atomic E-state index is 6.32. The van der Waals surface area contributed by atoms with E-state index in [1.165, 1.54) is 33.4 Å². The molecular weight excluding hydrogens is 645 g/mol. The van der Waals surface area contributed by atoms with Crippen molar-refractivity contribution in [2.45, 2.75) is 19.3 Å². The molecule has 9 aromatic rings. The van der Waals surface area contributed by atoms with Crippen LogP contribution in [-0.4, -0.2) is 4.98 Å². The Labute approximate surface area is 309 Å². The predicted molar refractivity (Wildman–Crippen MR) is 220 cm³/mol. The third-order valence-electron chi connectivity index (χ3n) is 10.9. The molecule has 0 radical (unpaired) electrons. The number of hydrogen-bond acceptors (Lipinski definition) is 3. The van der Waals surface area contributed by atoms with E-state index in [-0.39, 0.29) is 5.41 Å². The molecule has 1 aromatic heterocycles. The Balaban J connectivity index is 1.05. The fraction of sp³-hybridized carbons (Fsp3) is 0.0600. The molecule has 53 heavy (non-hydrogen) atoms. The van der Waals surface area contributed by atoms with E-state index in [1.807, 2.05) is 30.3 Å². The van der Waals surface area contributed by atoms with E-state index in [4.69, 9.17) is 9.40 Å². The van der Waals surface area contributed by atoms with E-state index in [9.17, 15) is 0 Å². The second-order valence-corrected chi connectivity index (χ2v) is 14.4. The highest BCUT2D eigenvalue weighted by molar-refractivity contribution is 6.05. The third-order valence-corrected chi connectivity index (χ3v) is 10.9. The van der Waals surface area contributed by atoms with Gasteiger partial charge in [-0.1, -0.05) is 129 Å². The second kappa shape index (κ2) is 12.2. The lowest BCUT2D eigenvalue weighted by molar-refractivity contribution is 0.623. The molecule has 10 rings (SSSR count). The molecule has 0 amide bonds. The van der Waals surface area contributed by atoms with Gasteiger partial charge in [-0.25, -0.2) is 4.98 Å². The highest BCUT2D eigenvalue weighted by Crippen LogP contribution is 2.50. The average molecular weight is 681 g/mol. The number of anilines is 3. The summed E-state index contributed by atoms with van der Waals surface area (Å²) in [5, 5.41) is 2.18. The minimum Gasteiger partial charge on any atom is -0.435 e. The molecule has 3 nitrogen and oxygen atoms in total. The number of hydrogen-bond donors (Lipinski definition) is 0. The number of oxazole rings is 1. The Bertz CT molecular complexity index is 2800. The van der Waals surface area contributed by atoms with E-state index >= 15 is 0 Å². The Kier molecular flexibility index (Phi) is 7.16. The first-order chi connectivity index (χ1) is 26.0. The molecule has 3 heteroatoms. The average Bonchev–Trinajstić information content (AvgIpc) is 3.76. The van der Waals surface area contributed by atoms with Gasteiger partial charge in [-0.15, -0.1) is 0 Å². The van der Waals surface area contributed by atoms with E-state index in [0.717, 1.165) is 55.6 Å². The van der Waals surface area contributed by atoms with Crippen LogP contribution < -0.4 is 4.90 Å². The van der Waals surface area contributed by atoms with Crippen LogP contribution in [0.25, 0.3) is 66.7 Å². The molecule has 0 N–H and O–H groups in total. The van der Waals surface area contributed by atoms with Crippen LogP contribution in [0.3, 0.4) is 0 Å². The molecule has 0 unspecified atom stereocenters. The number of benzene rings is 8. The van der Waals surface area contributed by atoms with Gasteiger partial charge < -0.3 is 9.32 Å². The lowest BCUT2D eigenvalue weighted by Gasteiger charge is -2.28. The quantitative estimate of drug-likeness (QED) is 0.175. The zero-order chi connectivity index (χ0) is 35.5. The third kappa shape index (κ3) is 5.24. The van der Waals surface area contributed by atoms with Crippen molar-refractivity contribution in [3.8, 4) is 44.8 Å². The molecule has 1 heterocycles. The zero-order valence-corrected chi connectivity index (χ0v) is 29.6. The van der Waals surface area contributed by atoms with Gasteiger partial charge in [0.05, 0.1) is 0 Å². The summed E-state index contributed by atoms with van der Waals surface area (Å²) in [7, 11) is 0. The summed E-state index contributed by atoms with van der Waals surface area (Å²) in [5.74, 6) is 0.642. The van der Waals surface area contributed by atoms with Gasteiger partial charge in [0, 0.05) is 33.4 Å². The maximum Gasteiger partial charge on any atom is 0.227 e. The van der Waals surface area contributed by atoms with Crippen molar-refractivity contribution in [1.29, 1.82) is 0 Å². The van der Waals surface area contributed by atoms with Gasteiger partial charge in [0.25, 0.3) is 0 Å². The first kappa shape index (κ1) is 31.1. The standard InChI is InChI=1S/C50H36N2O/c1-50(2)45-19-10-9-18-43(45)44-28-26-41(32-46(44)50)52(40-17-11-16-36(31-40)33-12-5-3-6-13-33)39-24-20-34(21-25-39)37-22-27-42-38(30-37)23-29-47-48(42)53-49(51-47)35-14-7-4-8-15-35/h3-32H,1-2H3. The highest BCUT2D eigenvalue weighted by Gasteiger charge is 2.35. The summed E-state index contributed by atoms with van der Waals surface area (Å²) < 4.78 is 6.32. The fourth-order valence-electron chi connectivity index (χ4n) is 8.13. The van der Waals surface area contributed by atoms with Crippen LogP contribution in [0, 0.1) is 0 Å². The normalized spacial score (nSPS) is 12.9. The molecule has 0 spiro atoms. The van der Waals surface area contributed by atoms with Gasteiger partial charge in [-0.05, 0) is 117 Å². The minimum atomic E-state index is -0.0974. The fourth-order valence-corrected chi connectivity index (χ4v) is 8.13. The largest absolute Gasteiger partial charge is 0.435 e. The van der Waals surface area contributed by atoms with Gasteiger partial charge in [-0.2, -0.15) is 0 Å². The molecular formula is C50H36N2O. The number of aromatic nitrogens is 1. The van der Waals surface area contributed by atoms with Crippen LogP contribution in [0.2, 0.25) is 0 Å². The van der Waals surface area contributed by atoms with Crippen molar-refractivity contribution in [2.75, 3.05) is 4.90 Å². The van der Waals surface area contributed by atoms with Crippen molar-refractivity contribution in [2.24, 2.45) is 0 Å². The molecule has 8 aromatic carbocycles. The molecule has 0 fully saturated rings. The summed E-state index contributed by atoms with van der Waals surface area (Å²) >= 11 is 0. The van der Waals surface area contributed by atoms with E-state index in [1.54, 1.807) is 0 Å². The van der Waals surface area contributed by atoms with Crippen molar-refractivity contribution < 1.29 is 4.42 Å². The number of nitrogens with zero attached hydrogens (tertiary/aromatic N) is 2. The lowest BCUT2D eigenvalue weighted by atomic mass is 9.82. The zero-order valence-electron chi connectivity index (χ0n) is 29.6. The van der Waals surface area contributed by atoms with Crippen molar-refractivity contribution in [3.05, 3.63) is 193 Å². The molecule has 0 saturated heterocycles. The molecule has 0 saturated carbocycles. The van der Waals surface area contributed by atoms with Gasteiger partial charge in [0.1, 0.15) is 5.52 Å². The predicted octanol–water partition coefficient (Wildman–Crippen LogP) is 13.8. The van der Waals surface area contributed by atoms with Crippen LogP contribution in [-0.2, 0) is 5.41 Å². The molecule has 252 valence electrons. The molecule has 1 aliphatic rings. The topological polar surface area (TPSA) is 29.3 Å². The summed E-state index contributed by atoms with van der Waals surface area (Å²) in [6.45, 7) is 4.69. The van der Waals surface area contributed by atoms with Gasteiger partial charge in [-0.3, -0.25) is 0 Å². The van der Waals surface area contributed by atoms with Gasteiger partial charge in [0.2, 0.25) is 5.89 Å². The Morgan fingerprint density at radius 3 is 1.89 bits per heavy atom. The number of rotatable bonds is 6. The minimum absolute atomic E-state index is 0.0974. The maximum atomic E-state index is 6.32. The van der Waals surface area contributed by atoms with Gasteiger partial charge in [0.15, 0.2) is 5.58 Å². The SMILES string of the molecule is CC1(C)c2ccccc2-c2ccc(N(c3ccc(-c4ccc5c(ccc6nc(-c7ccccc7)oc65)c4)cc3)c3cccc(-c4ccccc4)c3)cc21. The van der Waals surface area contributed by atoms with Gasteiger partial charge >= 0.3 is 0 Å². The monoisotopic (exact) mass is 680 g/mol. The lowest BCUT2D eigenvalue weighted by Crippen LogP contribution is -2.16. The van der Waals surface area contributed by atoms with Crippen LogP contribution in [0.4, 0.5) is 17.1 Å². The summed E-state index contributed by atoms with van der Waals surface area (Å²) in [6, 6.07) is 65.1. The molecule has 0 aliphatic heterocycles. The van der Waals surface area contributed by atoms with E-state index in [2.05, 4.69) is 170 Å². The molecule has 1 aliphatic carbocycles. The van der Waals surface area contributed by atoms with Crippen LogP contribution in [0.15, 0.2) is 186 Å². The smallest absolute Gasteiger partial charge is 0.227 e. The summed E-state index contributed by atoms with van der Waals surface area (Å²) in [6.07, 6.45) is 0. The molecule has 0 atom stereocenters. The van der Waals surface area contributed by atoms with E-state index in [0.29, 0.717) is 5.89 Å². The Morgan fingerprint density at radius 1 is 0.453 bits per heavy atom. The van der Waals surface area contributed by atoms with Crippen LogP contribution >= 0.6 is 0 Å². The van der Waals surface area contributed by atoms with Crippen molar-refractivity contribution in [1.82, 2.24) is 4.98 Å². The summed E-state index contributed by atoms with van der Waals surface area (Å²) in [4.78, 5) is 7.17. The first-order valence-corrected chi connectivity index (χ1v) is 18.2. The Morgan fingerprint density at radius 2 is 1.08 bits per heavy atom. The van der Waals surface area contributed by atoms with Crippen LogP contribution in [0.5, 0.6) is 0 Å². The van der Waals surface area contributed by atoms with E-state index < -0.39 is 0 Å². The first-order valence-electron chi connectivity index (χ1n) is 18.2. The molecule has 0 bridgehead atoms. The Hall–Kier alpha value is -6.71. The van der Waals surface area contributed by atoms with Crippen LogP contribution in [0.1, 0.15) is 25.0 Å². The highest BCUT2D eigenvalue weighted by atomic mass is 16.3. The van der Waals surface area contributed by atoms with Crippen molar-refractivity contribution in [3.63, 3.8) is 0 Å².